The van der Waals surface area contributed by atoms with Crippen LogP contribution in [0.2, 0.25) is 0 Å². The second-order valence-electron chi connectivity index (χ2n) is 4.84. The Kier molecular flexibility index (Phi) is 3.99. The number of aromatic amines is 1. The Morgan fingerprint density at radius 3 is 2.95 bits per heavy atom. The number of fused-ring (bicyclic) bond motifs is 1. The molecule has 0 fully saturated rings. The Morgan fingerprint density at radius 1 is 1.45 bits per heavy atom. The smallest absolute Gasteiger partial charge is 0.278 e. The summed E-state index contributed by atoms with van der Waals surface area (Å²) < 4.78 is 0. The molecule has 1 aliphatic heterocycles. The lowest BCUT2D eigenvalue weighted by Crippen LogP contribution is -2.36. The largest absolute Gasteiger partial charge is 0.398 e. The van der Waals surface area contributed by atoms with Crippen LogP contribution in [0.1, 0.15) is 28.2 Å². The fraction of sp³-hybridized carbons (Fsp3) is 0.286. The number of aromatic nitrogens is 2. The summed E-state index contributed by atoms with van der Waals surface area (Å²) in [7, 11) is 0. The van der Waals surface area contributed by atoms with Crippen molar-refractivity contribution in [1.82, 2.24) is 10.2 Å². The summed E-state index contributed by atoms with van der Waals surface area (Å²) in [5.41, 5.74) is 10.1. The Balaban J connectivity index is 0.00000147. The van der Waals surface area contributed by atoms with Crippen molar-refractivity contribution in [2.24, 2.45) is 0 Å². The van der Waals surface area contributed by atoms with Crippen molar-refractivity contribution < 1.29 is 4.79 Å². The van der Waals surface area contributed by atoms with Gasteiger partial charge in [-0.2, -0.15) is 5.10 Å². The third-order valence-electron chi connectivity index (χ3n) is 3.46. The van der Waals surface area contributed by atoms with E-state index in [0.717, 1.165) is 35.5 Å². The van der Waals surface area contributed by atoms with Crippen LogP contribution >= 0.6 is 12.4 Å². The van der Waals surface area contributed by atoms with Gasteiger partial charge in [-0.05, 0) is 43.5 Å². The molecule has 2 aromatic rings. The zero-order valence-electron chi connectivity index (χ0n) is 11.2. The zero-order valence-corrected chi connectivity index (χ0v) is 12.0. The molecule has 3 N–H and O–H groups in total. The maximum absolute atomic E-state index is 12.5. The average molecular weight is 293 g/mol. The van der Waals surface area contributed by atoms with Crippen LogP contribution in [0.4, 0.5) is 11.4 Å². The van der Waals surface area contributed by atoms with Gasteiger partial charge in [0.1, 0.15) is 0 Å². The molecule has 0 spiro atoms. The highest BCUT2D eigenvalue weighted by Gasteiger charge is 2.25. The van der Waals surface area contributed by atoms with Crippen molar-refractivity contribution in [3.05, 3.63) is 41.2 Å². The highest BCUT2D eigenvalue weighted by atomic mass is 35.5. The number of carbonyl (C=O) groups excluding carboxylic acids is 1. The van der Waals surface area contributed by atoms with Gasteiger partial charge in [-0.3, -0.25) is 9.89 Å². The number of benzene rings is 1. The number of halogens is 1. The molecule has 0 saturated heterocycles. The molecular formula is C14H17ClN4O. The Hall–Kier alpha value is -2.01. The predicted octanol–water partition coefficient (Wildman–Crippen LogP) is 2.32. The quantitative estimate of drug-likeness (QED) is 0.792. The first-order valence-corrected chi connectivity index (χ1v) is 6.38. The van der Waals surface area contributed by atoms with E-state index in [4.69, 9.17) is 5.73 Å². The molecule has 0 saturated carbocycles. The summed E-state index contributed by atoms with van der Waals surface area (Å²) >= 11 is 0. The monoisotopic (exact) mass is 292 g/mol. The maximum atomic E-state index is 12.5. The molecule has 20 heavy (non-hydrogen) atoms. The molecule has 6 heteroatoms. The van der Waals surface area contributed by atoms with Gasteiger partial charge in [-0.15, -0.1) is 12.4 Å². The molecule has 1 aliphatic rings. The van der Waals surface area contributed by atoms with Crippen molar-refractivity contribution in [3.8, 4) is 0 Å². The van der Waals surface area contributed by atoms with E-state index in [1.165, 1.54) is 0 Å². The highest BCUT2D eigenvalue weighted by Crippen LogP contribution is 2.31. The number of nitrogens with zero attached hydrogens (tertiary/aromatic N) is 2. The average Bonchev–Trinajstić information content (AvgIpc) is 2.85. The summed E-state index contributed by atoms with van der Waals surface area (Å²) in [6, 6.07) is 7.48. The second-order valence-corrected chi connectivity index (χ2v) is 4.84. The van der Waals surface area contributed by atoms with E-state index in [-0.39, 0.29) is 18.3 Å². The van der Waals surface area contributed by atoms with Crippen molar-refractivity contribution in [3.63, 3.8) is 0 Å². The van der Waals surface area contributed by atoms with Crippen LogP contribution in [0.25, 0.3) is 0 Å². The predicted molar refractivity (Wildman–Crippen MR) is 81.4 cm³/mol. The lowest BCUT2D eigenvalue weighted by molar-refractivity contribution is 0.0980. The minimum atomic E-state index is -0.0732. The number of carbonyl (C=O) groups is 1. The van der Waals surface area contributed by atoms with E-state index < -0.39 is 0 Å². The number of hydrogen-bond acceptors (Lipinski definition) is 3. The molecule has 0 radical (unpaired) electrons. The van der Waals surface area contributed by atoms with Crippen LogP contribution < -0.4 is 10.6 Å². The van der Waals surface area contributed by atoms with Gasteiger partial charge in [0.05, 0.1) is 0 Å². The maximum Gasteiger partial charge on any atom is 0.278 e. The minimum absolute atomic E-state index is 0. The van der Waals surface area contributed by atoms with Crippen LogP contribution in [-0.2, 0) is 6.42 Å². The van der Waals surface area contributed by atoms with Crippen molar-refractivity contribution in [2.45, 2.75) is 19.8 Å². The van der Waals surface area contributed by atoms with Crippen molar-refractivity contribution >= 4 is 29.7 Å². The van der Waals surface area contributed by atoms with Gasteiger partial charge in [0, 0.05) is 23.6 Å². The molecule has 0 aliphatic carbocycles. The molecule has 2 heterocycles. The first-order chi connectivity index (χ1) is 9.16. The van der Waals surface area contributed by atoms with E-state index in [1.807, 2.05) is 25.1 Å². The fourth-order valence-electron chi connectivity index (χ4n) is 2.53. The Labute approximate surface area is 123 Å². The third-order valence-corrected chi connectivity index (χ3v) is 3.46. The van der Waals surface area contributed by atoms with Crippen LogP contribution in [-0.4, -0.2) is 22.6 Å². The molecule has 5 nitrogen and oxygen atoms in total. The molecular weight excluding hydrogens is 276 g/mol. The first-order valence-electron chi connectivity index (χ1n) is 6.38. The third kappa shape index (κ3) is 2.36. The van der Waals surface area contributed by atoms with E-state index >= 15 is 0 Å². The SMILES string of the molecule is Cc1cc(C(=O)N2CCCc3c(N)cccc32)n[nH]1.Cl. The molecule has 0 unspecified atom stereocenters. The Morgan fingerprint density at radius 2 is 2.25 bits per heavy atom. The van der Waals surface area contributed by atoms with Gasteiger partial charge in [0.15, 0.2) is 5.69 Å². The number of nitrogens with two attached hydrogens (primary N) is 1. The first kappa shape index (κ1) is 14.4. The van der Waals surface area contributed by atoms with E-state index in [1.54, 1.807) is 11.0 Å². The standard InChI is InChI=1S/C14H16N4O.ClH/c1-9-8-12(17-16-9)14(19)18-7-3-4-10-11(15)5-2-6-13(10)18;/h2,5-6,8H,3-4,7,15H2,1H3,(H,16,17);1H. The lowest BCUT2D eigenvalue weighted by Gasteiger charge is -2.29. The lowest BCUT2D eigenvalue weighted by atomic mass is 9.99. The van der Waals surface area contributed by atoms with Crippen LogP contribution in [0.15, 0.2) is 24.3 Å². The van der Waals surface area contributed by atoms with Gasteiger partial charge in [-0.25, -0.2) is 0 Å². The molecule has 0 bridgehead atoms. The number of aryl methyl sites for hydroxylation is 1. The van der Waals surface area contributed by atoms with Gasteiger partial charge in [-0.1, -0.05) is 6.07 Å². The zero-order chi connectivity index (χ0) is 13.4. The summed E-state index contributed by atoms with van der Waals surface area (Å²) in [6.07, 6.45) is 1.85. The van der Waals surface area contributed by atoms with E-state index in [9.17, 15) is 4.79 Å². The number of amides is 1. The number of anilines is 2. The molecule has 3 rings (SSSR count). The highest BCUT2D eigenvalue weighted by molar-refractivity contribution is 6.05. The molecule has 1 aromatic carbocycles. The van der Waals surface area contributed by atoms with Crippen LogP contribution in [0.3, 0.4) is 0 Å². The molecule has 1 amide bonds. The minimum Gasteiger partial charge on any atom is -0.398 e. The molecule has 106 valence electrons. The summed E-state index contributed by atoms with van der Waals surface area (Å²) in [4.78, 5) is 14.3. The summed E-state index contributed by atoms with van der Waals surface area (Å²) in [5, 5.41) is 6.84. The second kappa shape index (κ2) is 5.54. The van der Waals surface area contributed by atoms with Gasteiger partial charge < -0.3 is 10.6 Å². The molecule has 1 aromatic heterocycles. The van der Waals surface area contributed by atoms with Gasteiger partial charge in [0.25, 0.3) is 5.91 Å². The number of nitrogens with one attached hydrogen (secondary N) is 1. The van der Waals surface area contributed by atoms with Crippen molar-refractivity contribution in [2.75, 3.05) is 17.2 Å². The molecule has 0 atom stereocenters. The van der Waals surface area contributed by atoms with Gasteiger partial charge >= 0.3 is 0 Å². The normalized spacial score (nSPS) is 13.6. The number of H-pyrrole nitrogens is 1. The van der Waals surface area contributed by atoms with E-state index in [0.29, 0.717) is 12.2 Å². The summed E-state index contributed by atoms with van der Waals surface area (Å²) in [5.74, 6) is -0.0732. The number of rotatable bonds is 1. The van der Waals surface area contributed by atoms with Crippen LogP contribution in [0.5, 0.6) is 0 Å². The van der Waals surface area contributed by atoms with Gasteiger partial charge in [0.2, 0.25) is 0 Å². The number of nitrogen functional groups attached to an aromatic ring is 1. The fourth-order valence-corrected chi connectivity index (χ4v) is 2.53. The Bertz CT molecular complexity index is 638. The summed E-state index contributed by atoms with van der Waals surface area (Å²) in [6.45, 7) is 2.59. The topological polar surface area (TPSA) is 75.0 Å². The van der Waals surface area contributed by atoms with E-state index in [2.05, 4.69) is 10.2 Å². The van der Waals surface area contributed by atoms with Crippen LogP contribution in [0, 0.1) is 6.92 Å². The van der Waals surface area contributed by atoms with Crippen molar-refractivity contribution in [1.29, 1.82) is 0 Å². The number of hydrogen-bond donors (Lipinski definition) is 2.